The predicted octanol–water partition coefficient (Wildman–Crippen LogP) is 4.69. The van der Waals surface area contributed by atoms with E-state index in [1.807, 2.05) is 84.9 Å². The topological polar surface area (TPSA) is 44.9 Å². The predicted molar refractivity (Wildman–Crippen MR) is 100 cm³/mol. The fourth-order valence-electron chi connectivity index (χ4n) is 3.12. The van der Waals surface area contributed by atoms with Gasteiger partial charge in [0.1, 0.15) is 0 Å². The quantitative estimate of drug-likeness (QED) is 0.561. The van der Waals surface area contributed by atoms with Crippen LogP contribution in [0.1, 0.15) is 27.5 Å². The van der Waals surface area contributed by atoms with Crippen LogP contribution >= 0.6 is 0 Å². The molecule has 1 amide bonds. The first-order valence-corrected chi connectivity index (χ1v) is 8.30. The highest BCUT2D eigenvalue weighted by Gasteiger charge is 2.19. The number of fused-ring (bicyclic) bond motifs is 1. The summed E-state index contributed by atoms with van der Waals surface area (Å²) in [6.07, 6.45) is 1.77. The van der Waals surface area contributed by atoms with E-state index in [4.69, 9.17) is 0 Å². The van der Waals surface area contributed by atoms with E-state index in [1.54, 1.807) is 6.20 Å². The standard InChI is InChI=1S/C22H18N2O/c25-22(19-15-23-20-14-8-7-13-18(19)20)24-21(16-9-3-1-4-10-16)17-11-5-2-6-12-17/h1-15,21,23H,(H,24,25). The summed E-state index contributed by atoms with van der Waals surface area (Å²) >= 11 is 0. The number of amides is 1. The van der Waals surface area contributed by atoms with Gasteiger partial charge in [-0.2, -0.15) is 0 Å². The Balaban J connectivity index is 1.70. The molecule has 3 aromatic carbocycles. The summed E-state index contributed by atoms with van der Waals surface area (Å²) in [5.74, 6) is -0.0878. The van der Waals surface area contributed by atoms with Gasteiger partial charge in [-0.1, -0.05) is 78.9 Å². The average molecular weight is 326 g/mol. The van der Waals surface area contributed by atoms with Gasteiger partial charge in [0, 0.05) is 17.1 Å². The number of hydrogen-bond donors (Lipinski definition) is 2. The molecule has 0 aliphatic rings. The van der Waals surface area contributed by atoms with E-state index >= 15 is 0 Å². The van der Waals surface area contributed by atoms with Crippen molar-refractivity contribution in [1.29, 1.82) is 0 Å². The number of carbonyl (C=O) groups is 1. The number of carbonyl (C=O) groups excluding carboxylic acids is 1. The lowest BCUT2D eigenvalue weighted by molar-refractivity contribution is 0.0944. The van der Waals surface area contributed by atoms with Gasteiger partial charge in [0.05, 0.1) is 11.6 Å². The summed E-state index contributed by atoms with van der Waals surface area (Å²) < 4.78 is 0. The molecule has 4 rings (SSSR count). The molecule has 0 atom stereocenters. The van der Waals surface area contributed by atoms with Crippen LogP contribution in [-0.4, -0.2) is 10.9 Å². The van der Waals surface area contributed by atoms with Crippen molar-refractivity contribution in [2.45, 2.75) is 6.04 Å². The van der Waals surface area contributed by atoms with Gasteiger partial charge in [0.25, 0.3) is 5.91 Å². The van der Waals surface area contributed by atoms with Crippen LogP contribution in [0.5, 0.6) is 0 Å². The second kappa shape index (κ2) is 6.65. The van der Waals surface area contributed by atoms with E-state index in [-0.39, 0.29) is 11.9 Å². The Morgan fingerprint density at radius 2 is 1.32 bits per heavy atom. The molecule has 122 valence electrons. The average Bonchev–Trinajstić information content (AvgIpc) is 3.11. The molecule has 1 heterocycles. The summed E-state index contributed by atoms with van der Waals surface area (Å²) in [5.41, 5.74) is 3.74. The minimum absolute atomic E-state index is 0.0878. The number of rotatable bonds is 4. The molecular weight excluding hydrogens is 308 g/mol. The Kier molecular flexibility index (Phi) is 4.05. The van der Waals surface area contributed by atoms with E-state index in [0.717, 1.165) is 22.0 Å². The maximum Gasteiger partial charge on any atom is 0.254 e. The fraction of sp³-hybridized carbons (Fsp3) is 0.0455. The Bertz CT molecular complexity index is 951. The van der Waals surface area contributed by atoms with E-state index < -0.39 is 0 Å². The summed E-state index contributed by atoms with van der Waals surface area (Å²) in [5, 5.41) is 4.12. The largest absolute Gasteiger partial charge is 0.360 e. The normalized spacial score (nSPS) is 10.9. The molecule has 0 bridgehead atoms. The van der Waals surface area contributed by atoms with Crippen molar-refractivity contribution >= 4 is 16.8 Å². The van der Waals surface area contributed by atoms with Crippen LogP contribution in [-0.2, 0) is 0 Å². The molecular formula is C22H18N2O. The molecule has 3 nitrogen and oxygen atoms in total. The maximum absolute atomic E-state index is 12.9. The molecule has 2 N–H and O–H groups in total. The lowest BCUT2D eigenvalue weighted by Gasteiger charge is -2.19. The van der Waals surface area contributed by atoms with Gasteiger partial charge in [-0.3, -0.25) is 4.79 Å². The molecule has 0 aliphatic carbocycles. The summed E-state index contributed by atoms with van der Waals surface area (Å²) in [7, 11) is 0. The third kappa shape index (κ3) is 3.04. The van der Waals surface area contributed by atoms with Crippen molar-refractivity contribution in [3.05, 3.63) is 108 Å². The van der Waals surface area contributed by atoms with Crippen LogP contribution in [0.3, 0.4) is 0 Å². The number of aromatic nitrogens is 1. The molecule has 0 fully saturated rings. The van der Waals surface area contributed by atoms with Crippen LogP contribution in [0, 0.1) is 0 Å². The van der Waals surface area contributed by atoms with Gasteiger partial charge in [0.2, 0.25) is 0 Å². The van der Waals surface area contributed by atoms with Crippen molar-refractivity contribution in [3.63, 3.8) is 0 Å². The number of para-hydroxylation sites is 1. The highest BCUT2D eigenvalue weighted by Crippen LogP contribution is 2.24. The molecule has 1 aromatic heterocycles. The number of benzene rings is 3. The van der Waals surface area contributed by atoms with Gasteiger partial charge < -0.3 is 10.3 Å². The van der Waals surface area contributed by atoms with Crippen LogP contribution in [0.25, 0.3) is 10.9 Å². The number of nitrogens with one attached hydrogen (secondary N) is 2. The van der Waals surface area contributed by atoms with E-state index in [2.05, 4.69) is 10.3 Å². The molecule has 4 aromatic rings. The molecule has 3 heteroatoms. The van der Waals surface area contributed by atoms with E-state index in [0.29, 0.717) is 5.56 Å². The van der Waals surface area contributed by atoms with E-state index in [1.165, 1.54) is 0 Å². The van der Waals surface area contributed by atoms with Gasteiger partial charge in [-0.25, -0.2) is 0 Å². The first-order chi connectivity index (χ1) is 12.3. The molecule has 0 spiro atoms. The van der Waals surface area contributed by atoms with E-state index in [9.17, 15) is 4.79 Å². The zero-order valence-electron chi connectivity index (χ0n) is 13.6. The highest BCUT2D eigenvalue weighted by atomic mass is 16.1. The molecule has 0 unspecified atom stereocenters. The van der Waals surface area contributed by atoms with Crippen molar-refractivity contribution in [3.8, 4) is 0 Å². The zero-order valence-corrected chi connectivity index (χ0v) is 13.6. The first-order valence-electron chi connectivity index (χ1n) is 8.30. The van der Waals surface area contributed by atoms with Crippen LogP contribution < -0.4 is 5.32 Å². The monoisotopic (exact) mass is 326 g/mol. The lowest BCUT2D eigenvalue weighted by atomic mass is 9.98. The van der Waals surface area contributed by atoms with Crippen molar-refractivity contribution in [2.24, 2.45) is 0 Å². The number of aromatic amines is 1. The molecule has 0 aliphatic heterocycles. The third-order valence-corrected chi connectivity index (χ3v) is 4.38. The first kappa shape index (κ1) is 15.2. The van der Waals surface area contributed by atoms with Crippen molar-refractivity contribution in [1.82, 2.24) is 10.3 Å². The fourth-order valence-corrected chi connectivity index (χ4v) is 3.12. The summed E-state index contributed by atoms with van der Waals surface area (Å²) in [6, 6.07) is 27.7. The van der Waals surface area contributed by atoms with Crippen molar-refractivity contribution in [2.75, 3.05) is 0 Å². The molecule has 0 saturated heterocycles. The number of H-pyrrole nitrogens is 1. The van der Waals surface area contributed by atoms with Gasteiger partial charge in [-0.15, -0.1) is 0 Å². The third-order valence-electron chi connectivity index (χ3n) is 4.38. The summed E-state index contributed by atoms with van der Waals surface area (Å²) in [6.45, 7) is 0. The van der Waals surface area contributed by atoms with Gasteiger partial charge in [-0.05, 0) is 17.2 Å². The minimum atomic E-state index is -0.191. The van der Waals surface area contributed by atoms with Gasteiger partial charge in [0.15, 0.2) is 0 Å². The second-order valence-electron chi connectivity index (χ2n) is 5.98. The SMILES string of the molecule is O=C(NC(c1ccccc1)c1ccccc1)c1c[nH]c2ccccc12. The van der Waals surface area contributed by atoms with Crippen LogP contribution in [0.4, 0.5) is 0 Å². The van der Waals surface area contributed by atoms with Crippen LogP contribution in [0.15, 0.2) is 91.1 Å². The maximum atomic E-state index is 12.9. The Labute approximate surface area is 146 Å². The smallest absolute Gasteiger partial charge is 0.254 e. The van der Waals surface area contributed by atoms with Crippen LogP contribution in [0.2, 0.25) is 0 Å². The second-order valence-corrected chi connectivity index (χ2v) is 5.98. The lowest BCUT2D eigenvalue weighted by Crippen LogP contribution is -2.29. The minimum Gasteiger partial charge on any atom is -0.360 e. The Morgan fingerprint density at radius 1 is 0.760 bits per heavy atom. The Morgan fingerprint density at radius 3 is 1.96 bits per heavy atom. The van der Waals surface area contributed by atoms with Crippen molar-refractivity contribution < 1.29 is 4.79 Å². The number of hydrogen-bond acceptors (Lipinski definition) is 1. The molecule has 0 saturated carbocycles. The molecule has 25 heavy (non-hydrogen) atoms. The summed E-state index contributed by atoms with van der Waals surface area (Å²) in [4.78, 5) is 16.1. The Hall–Kier alpha value is -3.33. The highest BCUT2D eigenvalue weighted by molar-refractivity contribution is 6.06. The van der Waals surface area contributed by atoms with Gasteiger partial charge >= 0.3 is 0 Å². The molecule has 0 radical (unpaired) electrons. The zero-order chi connectivity index (χ0) is 17.1.